The van der Waals surface area contributed by atoms with Crippen LogP contribution in [0.5, 0.6) is 0 Å². The second kappa shape index (κ2) is 7.66. The summed E-state index contributed by atoms with van der Waals surface area (Å²) in [6.45, 7) is 5.74. The number of carbonyl (C=O) groups is 2. The molecule has 0 radical (unpaired) electrons. The van der Waals surface area contributed by atoms with E-state index in [0.29, 0.717) is 19.4 Å². The molecule has 1 fully saturated rings. The molecule has 1 amide bonds. The van der Waals surface area contributed by atoms with Gasteiger partial charge in [-0.05, 0) is 50.3 Å². The first-order valence-corrected chi connectivity index (χ1v) is 9.60. The van der Waals surface area contributed by atoms with Gasteiger partial charge < -0.3 is 9.84 Å². The first kappa shape index (κ1) is 19.9. The summed E-state index contributed by atoms with van der Waals surface area (Å²) in [5, 5.41) is 10.2. The summed E-state index contributed by atoms with van der Waals surface area (Å²) in [6.07, 6.45) is 0.723. The Bertz CT molecular complexity index is 856. The first-order valence-electron chi connectivity index (χ1n) is 9.60. The van der Waals surface area contributed by atoms with E-state index < -0.39 is 23.2 Å². The summed E-state index contributed by atoms with van der Waals surface area (Å²) in [6, 6.07) is 17.7. The highest BCUT2D eigenvalue weighted by molar-refractivity contribution is 5.86. The van der Waals surface area contributed by atoms with Gasteiger partial charge in [-0.15, -0.1) is 0 Å². The van der Waals surface area contributed by atoms with Gasteiger partial charge in [0.05, 0.1) is 0 Å². The van der Waals surface area contributed by atoms with Crippen molar-refractivity contribution in [1.29, 1.82) is 0 Å². The highest BCUT2D eigenvalue weighted by Crippen LogP contribution is 2.37. The zero-order valence-electron chi connectivity index (χ0n) is 16.6. The highest BCUT2D eigenvalue weighted by atomic mass is 16.6. The highest BCUT2D eigenvalue weighted by Gasteiger charge is 2.51. The Labute approximate surface area is 165 Å². The van der Waals surface area contributed by atoms with E-state index in [2.05, 4.69) is 0 Å². The monoisotopic (exact) mass is 381 g/mol. The third kappa shape index (κ3) is 4.03. The Morgan fingerprint density at radius 1 is 1.07 bits per heavy atom. The molecule has 1 saturated heterocycles. The number of rotatable bonds is 4. The molecular formula is C23H27NO4. The number of amides is 1. The maximum absolute atomic E-state index is 12.8. The number of nitrogens with zero attached hydrogens (tertiary/aromatic N) is 1. The standard InChI is InChI=1S/C23H27NO4/c1-22(2,3)28-21(27)24-15-9-14-23(24,20(25)26)16-18-12-7-8-13-19(18)17-10-5-4-6-11-17/h4-8,10-13H,9,14-16H2,1-3H3,(H,25,26). The Morgan fingerprint density at radius 3 is 2.36 bits per heavy atom. The Kier molecular flexibility index (Phi) is 5.45. The number of likely N-dealkylation sites (tertiary alicyclic amines) is 1. The van der Waals surface area contributed by atoms with Crippen LogP contribution in [0.1, 0.15) is 39.2 Å². The largest absolute Gasteiger partial charge is 0.479 e. The second-order valence-electron chi connectivity index (χ2n) is 8.27. The van der Waals surface area contributed by atoms with Crippen LogP contribution in [0.25, 0.3) is 11.1 Å². The van der Waals surface area contributed by atoms with Crippen LogP contribution in [-0.4, -0.2) is 39.8 Å². The minimum atomic E-state index is -1.30. The van der Waals surface area contributed by atoms with Gasteiger partial charge in [-0.3, -0.25) is 4.90 Å². The molecule has 28 heavy (non-hydrogen) atoms. The van der Waals surface area contributed by atoms with Crippen LogP contribution >= 0.6 is 0 Å². The second-order valence-corrected chi connectivity index (χ2v) is 8.27. The van der Waals surface area contributed by atoms with Crippen molar-refractivity contribution in [3.05, 3.63) is 60.2 Å². The summed E-state index contributed by atoms with van der Waals surface area (Å²) in [5.41, 5.74) is 0.950. The molecule has 1 unspecified atom stereocenters. The number of aliphatic carboxylic acids is 1. The van der Waals surface area contributed by atoms with E-state index in [-0.39, 0.29) is 6.42 Å². The van der Waals surface area contributed by atoms with Crippen LogP contribution in [0, 0.1) is 0 Å². The van der Waals surface area contributed by atoms with Crippen molar-refractivity contribution < 1.29 is 19.4 Å². The Hall–Kier alpha value is -2.82. The van der Waals surface area contributed by atoms with E-state index in [1.165, 1.54) is 4.90 Å². The van der Waals surface area contributed by atoms with Gasteiger partial charge in [-0.25, -0.2) is 9.59 Å². The fourth-order valence-electron chi connectivity index (χ4n) is 3.83. The zero-order valence-corrected chi connectivity index (χ0v) is 16.6. The minimum absolute atomic E-state index is 0.243. The molecule has 3 rings (SSSR count). The van der Waals surface area contributed by atoms with Gasteiger partial charge in [0.15, 0.2) is 0 Å². The van der Waals surface area contributed by atoms with Crippen molar-refractivity contribution in [2.24, 2.45) is 0 Å². The molecule has 0 aliphatic carbocycles. The smallest absolute Gasteiger partial charge is 0.411 e. The van der Waals surface area contributed by atoms with E-state index in [0.717, 1.165) is 16.7 Å². The lowest BCUT2D eigenvalue weighted by molar-refractivity contribution is -0.149. The van der Waals surface area contributed by atoms with Crippen molar-refractivity contribution in [2.45, 2.75) is 51.2 Å². The molecule has 1 aliphatic rings. The summed E-state index contributed by atoms with van der Waals surface area (Å²) < 4.78 is 5.50. The molecule has 0 saturated carbocycles. The van der Waals surface area contributed by atoms with E-state index in [4.69, 9.17) is 4.74 Å². The van der Waals surface area contributed by atoms with Gasteiger partial charge in [0.25, 0.3) is 0 Å². The Balaban J connectivity index is 1.98. The van der Waals surface area contributed by atoms with Gasteiger partial charge in [-0.1, -0.05) is 54.6 Å². The summed E-state index contributed by atoms with van der Waals surface area (Å²) in [5.74, 6) is -0.987. The maximum Gasteiger partial charge on any atom is 0.411 e. The summed E-state index contributed by atoms with van der Waals surface area (Å²) >= 11 is 0. The molecular weight excluding hydrogens is 354 g/mol. The van der Waals surface area contributed by atoms with Gasteiger partial charge in [-0.2, -0.15) is 0 Å². The molecule has 1 N–H and O–H groups in total. The van der Waals surface area contributed by atoms with Crippen molar-refractivity contribution >= 4 is 12.1 Å². The van der Waals surface area contributed by atoms with E-state index >= 15 is 0 Å². The molecule has 5 nitrogen and oxygen atoms in total. The minimum Gasteiger partial charge on any atom is -0.479 e. The molecule has 0 spiro atoms. The SMILES string of the molecule is CC(C)(C)OC(=O)N1CCCC1(Cc1ccccc1-c1ccccc1)C(=O)O. The van der Waals surface area contributed by atoms with Gasteiger partial charge in [0.1, 0.15) is 11.1 Å². The molecule has 1 aliphatic heterocycles. The molecule has 148 valence electrons. The van der Waals surface area contributed by atoms with Crippen LogP contribution in [0.2, 0.25) is 0 Å². The number of carboxylic acid groups (broad SMARTS) is 1. The average molecular weight is 381 g/mol. The summed E-state index contributed by atoms with van der Waals surface area (Å²) in [4.78, 5) is 26.6. The number of ether oxygens (including phenoxy) is 1. The molecule has 2 aromatic carbocycles. The molecule has 0 bridgehead atoms. The lowest BCUT2D eigenvalue weighted by Crippen LogP contribution is -2.55. The van der Waals surface area contributed by atoms with Crippen molar-refractivity contribution in [2.75, 3.05) is 6.54 Å². The number of benzene rings is 2. The predicted octanol–water partition coefficient (Wildman–Crippen LogP) is 4.75. The number of hydrogen-bond acceptors (Lipinski definition) is 3. The third-order valence-electron chi connectivity index (χ3n) is 5.09. The molecule has 2 aromatic rings. The lowest BCUT2D eigenvalue weighted by Gasteiger charge is -2.36. The van der Waals surface area contributed by atoms with Crippen LogP contribution in [-0.2, 0) is 16.0 Å². The quantitative estimate of drug-likeness (QED) is 0.830. The van der Waals surface area contributed by atoms with Gasteiger partial charge in [0, 0.05) is 13.0 Å². The molecule has 5 heteroatoms. The van der Waals surface area contributed by atoms with Gasteiger partial charge in [0.2, 0.25) is 0 Å². The number of hydrogen-bond donors (Lipinski definition) is 1. The average Bonchev–Trinajstić information content (AvgIpc) is 3.07. The molecule has 0 aromatic heterocycles. The van der Waals surface area contributed by atoms with Gasteiger partial charge >= 0.3 is 12.1 Å². The molecule has 1 atom stereocenters. The first-order chi connectivity index (χ1) is 13.2. The number of carbonyl (C=O) groups excluding carboxylic acids is 1. The van der Waals surface area contributed by atoms with Crippen LogP contribution in [0.15, 0.2) is 54.6 Å². The van der Waals surface area contributed by atoms with Crippen LogP contribution in [0.3, 0.4) is 0 Å². The topological polar surface area (TPSA) is 66.8 Å². The van der Waals surface area contributed by atoms with Crippen molar-refractivity contribution in [1.82, 2.24) is 4.90 Å². The van der Waals surface area contributed by atoms with Crippen LogP contribution < -0.4 is 0 Å². The molecule has 1 heterocycles. The van der Waals surface area contributed by atoms with Crippen molar-refractivity contribution in [3.8, 4) is 11.1 Å². The predicted molar refractivity (Wildman–Crippen MR) is 108 cm³/mol. The third-order valence-corrected chi connectivity index (χ3v) is 5.09. The van der Waals surface area contributed by atoms with E-state index in [1.807, 2.05) is 54.6 Å². The maximum atomic E-state index is 12.8. The fourth-order valence-corrected chi connectivity index (χ4v) is 3.83. The van der Waals surface area contributed by atoms with E-state index in [1.54, 1.807) is 20.8 Å². The number of carboxylic acids is 1. The normalized spacial score (nSPS) is 19.5. The zero-order chi connectivity index (χ0) is 20.4. The van der Waals surface area contributed by atoms with E-state index in [9.17, 15) is 14.7 Å². The van der Waals surface area contributed by atoms with Crippen LogP contribution in [0.4, 0.5) is 4.79 Å². The summed E-state index contributed by atoms with van der Waals surface area (Å²) in [7, 11) is 0. The Morgan fingerprint density at radius 2 is 1.71 bits per heavy atom. The lowest BCUT2D eigenvalue weighted by atomic mass is 9.85. The fraction of sp³-hybridized carbons (Fsp3) is 0.391. The van der Waals surface area contributed by atoms with Crippen molar-refractivity contribution in [3.63, 3.8) is 0 Å².